The second kappa shape index (κ2) is 6.10. The molecule has 4 nitrogen and oxygen atoms in total. The molecule has 1 heterocycles. The molecular weight excluding hydrogens is 349 g/mol. The van der Waals surface area contributed by atoms with Crippen molar-refractivity contribution in [3.63, 3.8) is 0 Å². The first-order valence-corrected chi connectivity index (χ1v) is 8.50. The summed E-state index contributed by atoms with van der Waals surface area (Å²) in [5.74, 6) is 0.502. The van der Waals surface area contributed by atoms with Gasteiger partial charge in [0.05, 0.1) is 16.8 Å². The number of amides is 1. The standard InChI is InChI=1S/C18H19Cl2NO3/c1-9-15-13(22)7-18(2,3)8-14(15)24-16(9)17(23)21-12-5-4-10(19)6-11(12)20/h4-6,13,22H,7-8H2,1-3H3,(H,21,23)/t13-/m0/s1. The molecular formula is C18H19Cl2NO3. The summed E-state index contributed by atoms with van der Waals surface area (Å²) in [6.45, 7) is 5.94. The van der Waals surface area contributed by atoms with Crippen LogP contribution in [0.2, 0.25) is 10.0 Å². The van der Waals surface area contributed by atoms with Crippen LogP contribution >= 0.6 is 23.2 Å². The van der Waals surface area contributed by atoms with Gasteiger partial charge in [0, 0.05) is 22.6 Å². The third-order valence-electron chi connectivity index (χ3n) is 4.37. The van der Waals surface area contributed by atoms with Crippen LogP contribution in [0.15, 0.2) is 22.6 Å². The van der Waals surface area contributed by atoms with E-state index in [-0.39, 0.29) is 11.2 Å². The smallest absolute Gasteiger partial charge is 0.291 e. The molecule has 2 N–H and O–H groups in total. The van der Waals surface area contributed by atoms with E-state index in [0.717, 1.165) is 5.56 Å². The fourth-order valence-corrected chi connectivity index (χ4v) is 3.73. The fourth-order valence-electron chi connectivity index (χ4n) is 3.27. The number of aliphatic hydroxyl groups excluding tert-OH is 1. The number of halogens is 2. The van der Waals surface area contributed by atoms with E-state index in [9.17, 15) is 9.90 Å². The molecule has 6 heteroatoms. The van der Waals surface area contributed by atoms with Crippen molar-refractivity contribution in [3.05, 3.63) is 50.9 Å². The minimum Gasteiger partial charge on any atom is -0.455 e. The molecule has 1 amide bonds. The number of fused-ring (bicyclic) bond motifs is 1. The minimum absolute atomic E-state index is 0.0655. The van der Waals surface area contributed by atoms with Gasteiger partial charge in [0.15, 0.2) is 5.76 Å². The summed E-state index contributed by atoms with van der Waals surface area (Å²) in [6.07, 6.45) is 0.716. The lowest BCUT2D eigenvalue weighted by Crippen LogP contribution is -2.24. The Hall–Kier alpha value is -1.49. The Kier molecular flexibility index (Phi) is 4.41. The van der Waals surface area contributed by atoms with E-state index in [0.29, 0.717) is 39.9 Å². The zero-order valence-electron chi connectivity index (χ0n) is 13.7. The molecule has 0 bridgehead atoms. The average molecular weight is 368 g/mol. The van der Waals surface area contributed by atoms with Crippen molar-refractivity contribution in [1.82, 2.24) is 0 Å². The van der Waals surface area contributed by atoms with E-state index >= 15 is 0 Å². The highest BCUT2D eigenvalue weighted by Gasteiger charge is 2.37. The quantitative estimate of drug-likeness (QED) is 0.770. The maximum atomic E-state index is 12.6. The van der Waals surface area contributed by atoms with E-state index in [1.54, 1.807) is 25.1 Å². The predicted molar refractivity (Wildman–Crippen MR) is 94.9 cm³/mol. The number of furan rings is 1. The van der Waals surface area contributed by atoms with E-state index in [1.165, 1.54) is 0 Å². The molecule has 1 aliphatic carbocycles. The van der Waals surface area contributed by atoms with Crippen LogP contribution in [0.25, 0.3) is 0 Å². The highest BCUT2D eigenvalue weighted by atomic mass is 35.5. The molecule has 0 saturated heterocycles. The Bertz CT molecular complexity index is 811. The zero-order chi connectivity index (χ0) is 17.6. The number of rotatable bonds is 2. The third-order valence-corrected chi connectivity index (χ3v) is 4.92. The zero-order valence-corrected chi connectivity index (χ0v) is 15.3. The molecule has 0 fully saturated rings. The van der Waals surface area contributed by atoms with Crippen molar-refractivity contribution in [1.29, 1.82) is 0 Å². The van der Waals surface area contributed by atoms with Crippen LogP contribution in [0, 0.1) is 12.3 Å². The van der Waals surface area contributed by atoms with Gasteiger partial charge in [-0.05, 0) is 37.0 Å². The number of benzene rings is 1. The summed E-state index contributed by atoms with van der Waals surface area (Å²) >= 11 is 12.0. The van der Waals surface area contributed by atoms with Crippen LogP contribution in [0.1, 0.15) is 53.8 Å². The topological polar surface area (TPSA) is 62.5 Å². The second-order valence-electron chi connectivity index (χ2n) is 7.03. The number of nitrogens with one attached hydrogen (secondary N) is 1. The summed E-state index contributed by atoms with van der Waals surface area (Å²) in [5.41, 5.74) is 1.81. The molecule has 2 aromatic rings. The molecule has 1 atom stereocenters. The van der Waals surface area contributed by atoms with Gasteiger partial charge in [-0.25, -0.2) is 0 Å². The van der Waals surface area contributed by atoms with Crippen LogP contribution < -0.4 is 5.32 Å². The Balaban J connectivity index is 1.92. The minimum atomic E-state index is -0.617. The van der Waals surface area contributed by atoms with Crippen LogP contribution in [0.3, 0.4) is 0 Å². The normalized spacial score (nSPS) is 19.0. The molecule has 0 radical (unpaired) electrons. The fraction of sp³-hybridized carbons (Fsp3) is 0.389. The highest BCUT2D eigenvalue weighted by molar-refractivity contribution is 6.36. The van der Waals surface area contributed by atoms with Crippen molar-refractivity contribution < 1.29 is 14.3 Å². The van der Waals surface area contributed by atoms with Crippen LogP contribution in [-0.2, 0) is 6.42 Å². The number of carbonyl (C=O) groups excluding carboxylic acids is 1. The Morgan fingerprint density at radius 3 is 2.75 bits per heavy atom. The van der Waals surface area contributed by atoms with Gasteiger partial charge < -0.3 is 14.8 Å². The van der Waals surface area contributed by atoms with Crippen molar-refractivity contribution >= 4 is 34.8 Å². The maximum Gasteiger partial charge on any atom is 0.291 e. The molecule has 0 saturated carbocycles. The lowest BCUT2D eigenvalue weighted by atomic mass is 9.75. The summed E-state index contributed by atoms with van der Waals surface area (Å²) < 4.78 is 5.80. The van der Waals surface area contributed by atoms with E-state index in [4.69, 9.17) is 27.6 Å². The monoisotopic (exact) mass is 367 g/mol. The van der Waals surface area contributed by atoms with Gasteiger partial charge in [-0.3, -0.25) is 4.79 Å². The molecule has 0 spiro atoms. The van der Waals surface area contributed by atoms with Gasteiger partial charge in [-0.1, -0.05) is 37.0 Å². The average Bonchev–Trinajstić information content (AvgIpc) is 2.77. The van der Waals surface area contributed by atoms with E-state index in [2.05, 4.69) is 19.2 Å². The van der Waals surface area contributed by atoms with Gasteiger partial charge >= 0.3 is 0 Å². The van der Waals surface area contributed by atoms with Gasteiger partial charge in [-0.2, -0.15) is 0 Å². The Morgan fingerprint density at radius 1 is 1.38 bits per heavy atom. The molecule has 1 aliphatic rings. The van der Waals surface area contributed by atoms with Crippen molar-refractivity contribution in [3.8, 4) is 0 Å². The summed E-state index contributed by atoms with van der Waals surface area (Å²) in [6, 6.07) is 4.85. The highest BCUT2D eigenvalue weighted by Crippen LogP contribution is 2.44. The number of aliphatic hydroxyl groups is 1. The van der Waals surface area contributed by atoms with Crippen molar-refractivity contribution in [2.45, 2.75) is 39.7 Å². The Labute approximate surface area is 150 Å². The largest absolute Gasteiger partial charge is 0.455 e. The Morgan fingerprint density at radius 2 is 2.08 bits per heavy atom. The lowest BCUT2D eigenvalue weighted by Gasteiger charge is -2.31. The molecule has 24 heavy (non-hydrogen) atoms. The SMILES string of the molecule is Cc1c(C(=O)Nc2ccc(Cl)cc2Cl)oc2c1[C@@H](O)CC(C)(C)C2. The first-order chi connectivity index (χ1) is 11.2. The van der Waals surface area contributed by atoms with Gasteiger partial charge in [0.1, 0.15) is 5.76 Å². The van der Waals surface area contributed by atoms with Crippen molar-refractivity contribution in [2.75, 3.05) is 5.32 Å². The van der Waals surface area contributed by atoms with Crippen LogP contribution in [-0.4, -0.2) is 11.0 Å². The van der Waals surface area contributed by atoms with Gasteiger partial charge in [0.2, 0.25) is 0 Å². The number of hydrogen-bond acceptors (Lipinski definition) is 3. The summed E-state index contributed by atoms with van der Waals surface area (Å²) in [4.78, 5) is 12.6. The molecule has 1 aromatic heterocycles. The molecule has 0 unspecified atom stereocenters. The first kappa shape index (κ1) is 17.3. The van der Waals surface area contributed by atoms with Gasteiger partial charge in [-0.15, -0.1) is 0 Å². The second-order valence-corrected chi connectivity index (χ2v) is 7.88. The maximum absolute atomic E-state index is 12.6. The van der Waals surface area contributed by atoms with Crippen LogP contribution in [0.4, 0.5) is 5.69 Å². The van der Waals surface area contributed by atoms with E-state index in [1.807, 2.05) is 0 Å². The van der Waals surface area contributed by atoms with Crippen LogP contribution in [0.5, 0.6) is 0 Å². The lowest BCUT2D eigenvalue weighted by molar-refractivity contribution is 0.0910. The molecule has 3 rings (SSSR count). The molecule has 0 aliphatic heterocycles. The third kappa shape index (κ3) is 3.18. The predicted octanol–water partition coefficient (Wildman–Crippen LogP) is 5.15. The van der Waals surface area contributed by atoms with E-state index < -0.39 is 12.0 Å². The number of hydrogen-bond donors (Lipinski definition) is 2. The molecule has 1 aromatic carbocycles. The number of carbonyl (C=O) groups is 1. The van der Waals surface area contributed by atoms with Gasteiger partial charge in [0.25, 0.3) is 5.91 Å². The number of anilines is 1. The molecule has 128 valence electrons. The first-order valence-electron chi connectivity index (χ1n) is 7.74. The summed E-state index contributed by atoms with van der Waals surface area (Å²) in [7, 11) is 0. The van der Waals surface area contributed by atoms with Crippen molar-refractivity contribution in [2.24, 2.45) is 5.41 Å². The summed E-state index contributed by atoms with van der Waals surface area (Å²) in [5, 5.41) is 14.0.